The van der Waals surface area contributed by atoms with Crippen LogP contribution in [0.5, 0.6) is 0 Å². The predicted molar refractivity (Wildman–Crippen MR) is 322 cm³/mol. The molecule has 8 aliphatic heterocycles. The molecule has 0 aromatic heterocycles. The molecular weight excluding hydrogens is 1460 g/mol. The number of aliphatic hydroxyl groups excluding tert-OH is 28. The van der Waals surface area contributed by atoms with Gasteiger partial charge < -0.3 is 229 Å². The lowest BCUT2D eigenvalue weighted by Gasteiger charge is -2.50. The Hall–Kier alpha value is -2.82. The molecule has 0 unspecified atom stereocenters. The second kappa shape index (κ2) is 39.3. The van der Waals surface area contributed by atoms with Crippen molar-refractivity contribution in [1.82, 2.24) is 10.6 Å². The van der Waals surface area contributed by atoms with Crippen molar-refractivity contribution >= 4 is 11.8 Å². The van der Waals surface area contributed by atoms with Gasteiger partial charge in [-0.15, -0.1) is 0 Å². The van der Waals surface area contributed by atoms with Crippen LogP contribution in [0.3, 0.4) is 0 Å². The average Bonchev–Trinajstić information content (AvgIpc) is 0.784. The molecule has 0 aromatic carbocycles. The van der Waals surface area contributed by atoms with Crippen molar-refractivity contribution in [3.05, 3.63) is 0 Å². The first kappa shape index (κ1) is 88.7. The van der Waals surface area contributed by atoms with Gasteiger partial charge in [0.1, 0.15) is 214 Å². The number of aliphatic hydroxyl groups is 28. The minimum absolute atomic E-state index is 0.809. The summed E-state index contributed by atoms with van der Waals surface area (Å²) in [6.07, 6.45) is -89.9. The SMILES string of the molecule is CC(=O)N[C@H]1[C@H](O[C@@H]([C@H](O)[C@H](CO)NC(C)=O)[C@H](O)CO)O[C@H](CO)[C@@H](O[C@@H]2O[C@H](CO[C@H]3O[C@H](CO[C@H]4O[C@H](CO)[C@@H](O)[C@H](O)[C@@H]4O[C@H]4O[C@H](CO)[C@@H](O)[C@H](O)[C@@H]4O)[C@@H](O)[C@H](O[C@H]4O[C@H](CO)[C@@H](O)[C@H](O)[C@@H]4O)[C@H]3O)[C@@H](O)[C@H](O[C@H]3O[C@H](CO)[C@@H](O)[C@H](O)[C@@H]3O[C@H]3O[C@H](CO)[C@@H](O)[C@H](O)[C@@H]3O)[C@@H]2O)[C@@H]1O. The summed E-state index contributed by atoms with van der Waals surface area (Å²) in [4.78, 5) is 24.9. The molecule has 30 N–H and O–H groups in total. The highest BCUT2D eigenvalue weighted by atomic mass is 16.8. The fraction of sp³-hybridized carbons (Fsp3) is 0.966. The summed E-state index contributed by atoms with van der Waals surface area (Å²) in [6, 6.07) is -3.61. The Balaban J connectivity index is 1.14. The van der Waals surface area contributed by atoms with E-state index in [1.165, 1.54) is 0 Å². The van der Waals surface area contributed by atoms with E-state index in [1.54, 1.807) is 0 Å². The van der Waals surface area contributed by atoms with Crippen LogP contribution in [0.2, 0.25) is 0 Å². The van der Waals surface area contributed by atoms with E-state index in [0.29, 0.717) is 0 Å². The number of hydrogen-bond donors (Lipinski definition) is 30. The molecule has 48 nitrogen and oxygen atoms in total. The first-order valence-electron chi connectivity index (χ1n) is 33.6. The standard InChI is InChI=1S/C58H100N2O46/c1-13(69)59-15(3-61)26(72)45(16(71)4-62)101-51-25(60-14(2)70)34(80)46(22(10-68)98-51)102-56-44(90)48(104-58-50(39(85)31(77)21(9-67)97-58)106-55-42(88)37(83)29(75)19(7-65)95-55)33(79)24(100-56)11-91-52-43(89)47(103-53-40(86)35(81)27(73)17(5-63)93-53)32(78)23(99-52)12-92-57-49(38(84)30(76)20(8-66)96-57)105-54-41(87)36(82)28(74)18(6-64)94-54/h15-58,61-68,71-90H,3-12H2,1-2H3,(H,59,69)(H,60,70)/t15-,16+,17+,18+,19+,20+,21+,22+,23+,24+,25+,26+,27+,28+,29+,30+,31+,32+,33+,34+,35-,36-,37-,38-,39-,40-,41-,42-,43+,44-,45+,46+,47-,48-,49-,50-,51-,52-,53+,54+,55+,56-,57-,58+/m0/s1. The summed E-state index contributed by atoms with van der Waals surface area (Å²) >= 11 is 0. The summed E-state index contributed by atoms with van der Waals surface area (Å²) < 4.78 is 93.1. The van der Waals surface area contributed by atoms with Crippen LogP contribution in [0, 0.1) is 0 Å². The molecule has 0 spiro atoms. The molecule has 618 valence electrons. The van der Waals surface area contributed by atoms with Crippen LogP contribution in [0.4, 0.5) is 0 Å². The van der Waals surface area contributed by atoms with E-state index < -0.39 is 348 Å². The molecule has 0 bridgehead atoms. The summed E-state index contributed by atoms with van der Waals surface area (Å²) in [6.45, 7) is -9.13. The van der Waals surface area contributed by atoms with Gasteiger partial charge in [0.2, 0.25) is 11.8 Å². The van der Waals surface area contributed by atoms with Gasteiger partial charge in [-0.05, 0) is 0 Å². The Morgan fingerprint density at radius 2 is 0.651 bits per heavy atom. The Labute approximate surface area is 599 Å². The zero-order valence-electron chi connectivity index (χ0n) is 56.3. The van der Waals surface area contributed by atoms with Gasteiger partial charge in [0, 0.05) is 13.8 Å². The lowest BCUT2D eigenvalue weighted by Crippen LogP contribution is -2.69. The summed E-state index contributed by atoms with van der Waals surface area (Å²) in [5.74, 6) is -1.79. The molecule has 0 saturated carbocycles. The second-order valence-corrected chi connectivity index (χ2v) is 26.5. The third-order valence-corrected chi connectivity index (χ3v) is 19.2. The predicted octanol–water partition coefficient (Wildman–Crippen LogP) is -20.7. The highest BCUT2D eigenvalue weighted by Gasteiger charge is 2.60. The minimum atomic E-state index is -2.56. The third kappa shape index (κ3) is 19.7. The first-order chi connectivity index (χ1) is 50.1. The van der Waals surface area contributed by atoms with Gasteiger partial charge in [-0.1, -0.05) is 0 Å². The van der Waals surface area contributed by atoms with Crippen molar-refractivity contribution in [3.8, 4) is 0 Å². The molecule has 0 aromatic rings. The normalized spacial score (nSPS) is 48.0. The van der Waals surface area contributed by atoms with Crippen LogP contribution in [-0.2, 0) is 85.4 Å². The molecule has 8 fully saturated rings. The maximum Gasteiger partial charge on any atom is 0.217 e. The monoisotopic (exact) mass is 1560 g/mol. The number of carbonyl (C=O) groups is 2. The quantitative estimate of drug-likeness (QED) is 0.0306. The highest BCUT2D eigenvalue weighted by molar-refractivity contribution is 5.73. The van der Waals surface area contributed by atoms with E-state index in [9.17, 15) is 153 Å². The fourth-order valence-electron chi connectivity index (χ4n) is 13.1. The molecule has 8 rings (SSSR count). The number of carbonyl (C=O) groups excluding carboxylic acids is 2. The highest BCUT2D eigenvalue weighted by Crippen LogP contribution is 2.39. The Kier molecular flexibility index (Phi) is 32.9. The van der Waals surface area contributed by atoms with E-state index in [4.69, 9.17) is 75.8 Å². The van der Waals surface area contributed by atoms with Crippen molar-refractivity contribution < 1.29 is 228 Å². The molecule has 44 atom stereocenters. The van der Waals surface area contributed by atoms with Crippen molar-refractivity contribution in [2.75, 3.05) is 66.1 Å². The van der Waals surface area contributed by atoms with Crippen LogP contribution in [0.1, 0.15) is 13.8 Å². The van der Waals surface area contributed by atoms with Crippen molar-refractivity contribution in [2.24, 2.45) is 0 Å². The zero-order chi connectivity index (χ0) is 78.4. The number of hydrogen-bond acceptors (Lipinski definition) is 46. The molecule has 8 heterocycles. The Morgan fingerprint density at radius 3 is 1.06 bits per heavy atom. The number of rotatable bonds is 31. The molecule has 106 heavy (non-hydrogen) atoms. The second-order valence-electron chi connectivity index (χ2n) is 26.5. The lowest BCUT2D eigenvalue weighted by molar-refractivity contribution is -0.399. The summed E-state index contributed by atoms with van der Waals surface area (Å²) in [7, 11) is 0. The van der Waals surface area contributed by atoms with E-state index >= 15 is 0 Å². The van der Waals surface area contributed by atoms with Crippen molar-refractivity contribution in [1.29, 1.82) is 0 Å². The van der Waals surface area contributed by atoms with Gasteiger partial charge in [0.15, 0.2) is 50.3 Å². The minimum Gasteiger partial charge on any atom is -0.394 e. The van der Waals surface area contributed by atoms with E-state index in [-0.39, 0.29) is 0 Å². The van der Waals surface area contributed by atoms with Gasteiger partial charge >= 0.3 is 0 Å². The molecule has 0 aliphatic carbocycles. The molecule has 8 aliphatic rings. The largest absolute Gasteiger partial charge is 0.394 e. The van der Waals surface area contributed by atoms with Crippen molar-refractivity contribution in [3.63, 3.8) is 0 Å². The average molecular weight is 1560 g/mol. The van der Waals surface area contributed by atoms with E-state index in [1.807, 2.05) is 0 Å². The fourth-order valence-corrected chi connectivity index (χ4v) is 13.1. The first-order valence-corrected chi connectivity index (χ1v) is 33.6. The third-order valence-electron chi connectivity index (χ3n) is 19.2. The number of nitrogens with one attached hydrogen (secondary N) is 2. The topological polar surface area (TPSA) is 772 Å². The van der Waals surface area contributed by atoms with Crippen LogP contribution >= 0.6 is 0 Å². The molecular formula is C58H100N2O46. The van der Waals surface area contributed by atoms with Gasteiger partial charge in [-0.25, -0.2) is 0 Å². The maximum atomic E-state index is 12.9. The zero-order valence-corrected chi connectivity index (χ0v) is 56.3. The molecule has 0 radical (unpaired) electrons. The van der Waals surface area contributed by atoms with Crippen molar-refractivity contribution in [2.45, 2.75) is 284 Å². The molecule has 2 amide bonds. The van der Waals surface area contributed by atoms with Crippen LogP contribution in [0.15, 0.2) is 0 Å². The number of ether oxygens (including phenoxy) is 16. The lowest BCUT2D eigenvalue weighted by atomic mass is 9.94. The molecule has 48 heteroatoms. The van der Waals surface area contributed by atoms with Gasteiger partial charge in [0.25, 0.3) is 0 Å². The molecule has 8 saturated heterocycles. The summed E-state index contributed by atoms with van der Waals surface area (Å²) in [5.41, 5.74) is 0. The smallest absolute Gasteiger partial charge is 0.217 e. The maximum absolute atomic E-state index is 12.9. The van der Waals surface area contributed by atoms with E-state index in [2.05, 4.69) is 10.6 Å². The van der Waals surface area contributed by atoms with Crippen LogP contribution in [0.25, 0.3) is 0 Å². The van der Waals surface area contributed by atoms with Gasteiger partial charge in [-0.2, -0.15) is 0 Å². The van der Waals surface area contributed by atoms with Gasteiger partial charge in [-0.3, -0.25) is 9.59 Å². The van der Waals surface area contributed by atoms with Crippen LogP contribution in [-0.4, -0.2) is 491 Å². The van der Waals surface area contributed by atoms with E-state index in [0.717, 1.165) is 13.8 Å². The van der Waals surface area contributed by atoms with Gasteiger partial charge in [0.05, 0.1) is 72.1 Å². The van der Waals surface area contributed by atoms with Crippen LogP contribution < -0.4 is 10.6 Å². The Morgan fingerprint density at radius 1 is 0.321 bits per heavy atom. The number of amides is 2. The Bertz CT molecular complexity index is 2660. The summed E-state index contributed by atoms with van der Waals surface area (Å²) in [5, 5.41) is 310.